The van der Waals surface area contributed by atoms with Crippen LogP contribution >= 0.6 is 0 Å². The highest BCUT2D eigenvalue weighted by Gasteiger charge is 2.18. The summed E-state index contributed by atoms with van der Waals surface area (Å²) in [7, 11) is 0. The molecule has 0 amide bonds. The van der Waals surface area contributed by atoms with Crippen molar-refractivity contribution < 1.29 is 4.39 Å². The molecule has 222 valence electrons. The minimum Gasteiger partial charge on any atom is -0.292 e. The van der Waals surface area contributed by atoms with E-state index in [0.29, 0.717) is 5.56 Å². The fourth-order valence-electron chi connectivity index (χ4n) is 7.11. The van der Waals surface area contributed by atoms with Gasteiger partial charge in [0.05, 0.1) is 11.0 Å². The lowest BCUT2D eigenvalue weighted by Crippen LogP contribution is -1.97. The van der Waals surface area contributed by atoms with Crippen LogP contribution in [0.3, 0.4) is 0 Å². The van der Waals surface area contributed by atoms with E-state index in [1.54, 1.807) is 0 Å². The number of benzene rings is 8. The van der Waals surface area contributed by atoms with Gasteiger partial charge in [-0.05, 0) is 103 Å². The molecule has 0 fully saturated rings. The normalized spacial score (nSPS) is 11.6. The van der Waals surface area contributed by atoms with Gasteiger partial charge < -0.3 is 0 Å². The lowest BCUT2D eigenvalue weighted by molar-refractivity contribution is 0.485. The smallest absolute Gasteiger partial charge is 0.145 e. The summed E-state index contributed by atoms with van der Waals surface area (Å²) in [6, 6.07) is 57.4. The number of fused-ring (bicyclic) bond motifs is 6. The molecule has 0 radical (unpaired) electrons. The van der Waals surface area contributed by atoms with Crippen LogP contribution in [-0.4, -0.2) is 9.55 Å². The average molecular weight is 605 g/mol. The number of imidazole rings is 1. The highest BCUT2D eigenvalue weighted by Crippen LogP contribution is 2.42. The van der Waals surface area contributed by atoms with Gasteiger partial charge in [-0.25, -0.2) is 9.37 Å². The van der Waals surface area contributed by atoms with Gasteiger partial charge in [-0.15, -0.1) is 0 Å². The van der Waals surface area contributed by atoms with E-state index in [2.05, 4.69) is 132 Å². The molecule has 9 rings (SSSR count). The van der Waals surface area contributed by atoms with Crippen LogP contribution in [0.25, 0.3) is 82.7 Å². The van der Waals surface area contributed by atoms with E-state index < -0.39 is 6.67 Å². The first-order valence-electron chi connectivity index (χ1n) is 15.9. The predicted octanol–water partition coefficient (Wildman–Crippen LogP) is 12.0. The van der Waals surface area contributed by atoms with E-state index in [-0.39, 0.29) is 0 Å². The van der Waals surface area contributed by atoms with Gasteiger partial charge in [0.1, 0.15) is 12.5 Å². The molecule has 0 atom stereocenters. The van der Waals surface area contributed by atoms with Crippen LogP contribution in [0.5, 0.6) is 0 Å². The number of alkyl halides is 1. The van der Waals surface area contributed by atoms with E-state index in [0.717, 1.165) is 33.7 Å². The fraction of sp³-hybridized carbons (Fsp3) is 0.0227. The minimum absolute atomic E-state index is 0.518. The maximum Gasteiger partial charge on any atom is 0.145 e. The van der Waals surface area contributed by atoms with Gasteiger partial charge >= 0.3 is 0 Å². The Morgan fingerprint density at radius 1 is 0.447 bits per heavy atom. The van der Waals surface area contributed by atoms with E-state index in [4.69, 9.17) is 4.98 Å². The summed E-state index contributed by atoms with van der Waals surface area (Å²) in [4.78, 5) is 5.09. The summed E-state index contributed by atoms with van der Waals surface area (Å²) in [5.41, 5.74) is 9.11. The highest BCUT2D eigenvalue weighted by molar-refractivity contribution is 6.23. The molecule has 0 saturated carbocycles. The topological polar surface area (TPSA) is 17.8 Å². The van der Waals surface area contributed by atoms with E-state index in [9.17, 15) is 4.39 Å². The highest BCUT2D eigenvalue weighted by atomic mass is 19.1. The second-order valence-electron chi connectivity index (χ2n) is 12.0. The Labute approximate surface area is 272 Å². The molecular weight excluding hydrogens is 575 g/mol. The number of hydrogen-bond donors (Lipinski definition) is 0. The van der Waals surface area contributed by atoms with Crippen molar-refractivity contribution in [1.29, 1.82) is 0 Å². The van der Waals surface area contributed by atoms with Crippen LogP contribution in [0, 0.1) is 0 Å². The zero-order valence-corrected chi connectivity index (χ0v) is 25.6. The van der Waals surface area contributed by atoms with Crippen molar-refractivity contribution in [3.05, 3.63) is 169 Å². The summed E-state index contributed by atoms with van der Waals surface area (Å²) in [5, 5.41) is 7.38. The molecule has 47 heavy (non-hydrogen) atoms. The van der Waals surface area contributed by atoms with Crippen molar-refractivity contribution in [3.63, 3.8) is 0 Å². The Balaban J connectivity index is 1.30. The van der Waals surface area contributed by atoms with Crippen LogP contribution in [0.2, 0.25) is 0 Å². The first-order valence-corrected chi connectivity index (χ1v) is 15.9. The van der Waals surface area contributed by atoms with Gasteiger partial charge in [-0.2, -0.15) is 0 Å². The summed E-state index contributed by atoms with van der Waals surface area (Å²) in [6.07, 6.45) is 0. The molecule has 0 aliphatic rings. The summed E-state index contributed by atoms with van der Waals surface area (Å²) in [6.45, 7) is -0.518. The molecule has 0 spiro atoms. The zero-order valence-electron chi connectivity index (χ0n) is 25.6. The van der Waals surface area contributed by atoms with Crippen LogP contribution in [-0.2, 0) is 6.67 Å². The first-order chi connectivity index (χ1) is 23.3. The predicted molar refractivity (Wildman–Crippen MR) is 195 cm³/mol. The second kappa shape index (κ2) is 11.1. The van der Waals surface area contributed by atoms with Crippen molar-refractivity contribution in [2.75, 3.05) is 0 Å². The average Bonchev–Trinajstić information content (AvgIpc) is 3.54. The van der Waals surface area contributed by atoms with E-state index >= 15 is 0 Å². The summed E-state index contributed by atoms with van der Waals surface area (Å²) >= 11 is 0. The van der Waals surface area contributed by atoms with Crippen molar-refractivity contribution in [2.24, 2.45) is 0 Å². The largest absolute Gasteiger partial charge is 0.292 e. The Morgan fingerprint density at radius 2 is 1.00 bits per heavy atom. The summed E-state index contributed by atoms with van der Waals surface area (Å²) in [5.74, 6) is 0.826. The number of aromatic nitrogens is 2. The van der Waals surface area contributed by atoms with E-state index in [1.165, 1.54) is 49.0 Å². The molecule has 0 saturated heterocycles. The Kier molecular flexibility index (Phi) is 6.43. The van der Waals surface area contributed by atoms with E-state index in [1.807, 2.05) is 36.4 Å². The third-order valence-electron chi connectivity index (χ3n) is 9.29. The van der Waals surface area contributed by atoms with Crippen molar-refractivity contribution >= 4 is 43.4 Å². The number of nitrogens with zero attached hydrogens (tertiary/aromatic N) is 2. The van der Waals surface area contributed by atoms with Gasteiger partial charge in [0, 0.05) is 11.3 Å². The fourth-order valence-corrected chi connectivity index (χ4v) is 7.11. The molecule has 0 aliphatic carbocycles. The van der Waals surface area contributed by atoms with Gasteiger partial charge in [0.2, 0.25) is 0 Å². The van der Waals surface area contributed by atoms with Crippen LogP contribution < -0.4 is 0 Å². The van der Waals surface area contributed by atoms with Gasteiger partial charge in [0.25, 0.3) is 0 Å². The number of halogens is 1. The first kappa shape index (κ1) is 27.3. The van der Waals surface area contributed by atoms with Crippen molar-refractivity contribution in [1.82, 2.24) is 9.55 Å². The Bertz CT molecular complexity index is 2600. The third-order valence-corrected chi connectivity index (χ3v) is 9.29. The molecule has 3 heteroatoms. The van der Waals surface area contributed by atoms with Gasteiger partial charge in [-0.1, -0.05) is 121 Å². The second-order valence-corrected chi connectivity index (χ2v) is 12.0. The SMILES string of the molecule is FCc1ccc2c(c1)nc(-c1cccc(-c3cc4c5ccccc5c(-c5ccccc5)cc4c4ccccc34)c1)n2-c1ccccc1. The quantitative estimate of drug-likeness (QED) is 0.179. The molecule has 0 unspecified atom stereocenters. The van der Waals surface area contributed by atoms with Crippen molar-refractivity contribution in [3.8, 4) is 39.3 Å². The number of para-hydroxylation sites is 1. The molecule has 8 aromatic carbocycles. The summed E-state index contributed by atoms with van der Waals surface area (Å²) < 4.78 is 15.8. The molecule has 9 aromatic rings. The van der Waals surface area contributed by atoms with Gasteiger partial charge in [-0.3, -0.25) is 4.57 Å². The molecule has 0 N–H and O–H groups in total. The molecular formula is C44H29FN2. The van der Waals surface area contributed by atoms with Crippen LogP contribution in [0.4, 0.5) is 4.39 Å². The maximum absolute atomic E-state index is 13.7. The van der Waals surface area contributed by atoms with Crippen LogP contribution in [0.15, 0.2) is 164 Å². The molecule has 2 nitrogen and oxygen atoms in total. The Morgan fingerprint density at radius 3 is 1.66 bits per heavy atom. The molecule has 0 bridgehead atoms. The zero-order chi connectivity index (χ0) is 31.3. The lowest BCUT2D eigenvalue weighted by atomic mass is 9.87. The molecule has 1 heterocycles. The lowest BCUT2D eigenvalue weighted by Gasteiger charge is -2.16. The van der Waals surface area contributed by atoms with Gasteiger partial charge in [0.15, 0.2) is 0 Å². The minimum atomic E-state index is -0.518. The third kappa shape index (κ3) is 4.51. The molecule has 1 aromatic heterocycles. The maximum atomic E-state index is 13.7. The Hall–Kier alpha value is -6.06. The number of rotatable bonds is 5. The standard InChI is InChI=1S/C44H29FN2/c45-28-29-22-23-43-42(24-29)46-44(47(43)33-16-5-2-6-17-33)32-15-11-14-31(25-32)39-27-41-36-20-9-7-18-34(36)38(30-12-3-1-4-13-30)26-40(41)37-21-10-8-19-35(37)39/h1-27H,28H2. The van der Waals surface area contributed by atoms with Crippen molar-refractivity contribution in [2.45, 2.75) is 6.67 Å². The monoisotopic (exact) mass is 604 g/mol. The van der Waals surface area contributed by atoms with Crippen LogP contribution in [0.1, 0.15) is 5.56 Å². The number of hydrogen-bond acceptors (Lipinski definition) is 1. The molecule has 0 aliphatic heterocycles.